The third-order valence-electron chi connectivity index (χ3n) is 0.287. The second-order valence-electron chi connectivity index (χ2n) is 0.752. The monoisotopic (exact) mass is 147 g/mol. The minimum absolute atomic E-state index is 0. The molecule has 0 unspecified atom stereocenters. The van der Waals surface area contributed by atoms with Gasteiger partial charge in [0.05, 0.1) is 6.61 Å². The van der Waals surface area contributed by atoms with E-state index in [1.807, 2.05) is 0 Å². The van der Waals surface area contributed by atoms with Gasteiger partial charge in [-0.3, -0.25) is 0 Å². The van der Waals surface area contributed by atoms with Gasteiger partial charge < -0.3 is 10.5 Å². The van der Waals surface area contributed by atoms with Crippen LogP contribution < -0.4 is 5.73 Å². The molecular formula is C3H7NNiO2. The summed E-state index contributed by atoms with van der Waals surface area (Å²) in [7, 11) is 0. The van der Waals surface area contributed by atoms with Crippen molar-refractivity contribution in [2.75, 3.05) is 6.61 Å². The van der Waals surface area contributed by atoms with Crippen LogP contribution in [0.5, 0.6) is 0 Å². The summed E-state index contributed by atoms with van der Waals surface area (Å²) in [5.74, 6) is 0. The Morgan fingerprint density at radius 2 is 2.29 bits per heavy atom. The fourth-order valence-corrected chi connectivity index (χ4v) is 0.142. The maximum atomic E-state index is 9.60. The minimum Gasteiger partial charge on any atom is -0.450 e. The van der Waals surface area contributed by atoms with Crippen LogP contribution in [0.15, 0.2) is 0 Å². The van der Waals surface area contributed by atoms with Gasteiger partial charge in [-0.2, -0.15) is 0 Å². The van der Waals surface area contributed by atoms with Gasteiger partial charge in [-0.25, -0.2) is 4.79 Å². The van der Waals surface area contributed by atoms with Gasteiger partial charge in [0.25, 0.3) is 0 Å². The van der Waals surface area contributed by atoms with Crippen LogP contribution in [0, 0.1) is 0 Å². The number of primary amides is 1. The Balaban J connectivity index is 0. The van der Waals surface area contributed by atoms with Crippen molar-refractivity contribution in [2.45, 2.75) is 6.92 Å². The van der Waals surface area contributed by atoms with E-state index in [0.29, 0.717) is 6.61 Å². The fraction of sp³-hybridized carbons (Fsp3) is 0.667. The molecule has 0 heterocycles. The van der Waals surface area contributed by atoms with E-state index < -0.39 is 6.09 Å². The number of nitrogens with two attached hydrogens (primary N) is 1. The first-order valence-electron chi connectivity index (χ1n) is 1.69. The first-order valence-corrected chi connectivity index (χ1v) is 1.69. The fourth-order valence-electron chi connectivity index (χ4n) is 0.142. The van der Waals surface area contributed by atoms with Crippen molar-refractivity contribution < 1.29 is 26.0 Å². The molecule has 0 aliphatic heterocycles. The predicted molar refractivity (Wildman–Crippen MR) is 21.2 cm³/mol. The second kappa shape index (κ2) is 5.76. The van der Waals surface area contributed by atoms with Gasteiger partial charge in [0, 0.05) is 16.5 Å². The number of hydrogen-bond donors (Lipinski definition) is 1. The molecule has 7 heavy (non-hydrogen) atoms. The zero-order chi connectivity index (χ0) is 4.99. The van der Waals surface area contributed by atoms with Crippen LogP contribution in [-0.2, 0) is 21.2 Å². The van der Waals surface area contributed by atoms with Crippen LogP contribution in [0.1, 0.15) is 6.92 Å². The molecule has 0 fully saturated rings. The van der Waals surface area contributed by atoms with Crippen LogP contribution in [0.4, 0.5) is 4.79 Å². The normalized spacial score (nSPS) is 6.43. The SMILES string of the molecule is CCOC(N)=O.[Ni]. The third-order valence-corrected chi connectivity index (χ3v) is 0.287. The summed E-state index contributed by atoms with van der Waals surface area (Å²) in [6, 6.07) is 0. The molecule has 0 atom stereocenters. The predicted octanol–water partition coefficient (Wildman–Crippen LogP) is 0.0991. The van der Waals surface area contributed by atoms with Crippen molar-refractivity contribution >= 4 is 6.09 Å². The van der Waals surface area contributed by atoms with Gasteiger partial charge in [-0.05, 0) is 6.92 Å². The molecule has 0 spiro atoms. The molecular weight excluding hydrogens is 141 g/mol. The van der Waals surface area contributed by atoms with Crippen LogP contribution in [0.25, 0.3) is 0 Å². The number of amides is 1. The average Bonchev–Trinajstić information content (AvgIpc) is 1.35. The minimum atomic E-state index is -0.711. The summed E-state index contributed by atoms with van der Waals surface area (Å²) >= 11 is 0. The van der Waals surface area contributed by atoms with Gasteiger partial charge in [0.1, 0.15) is 0 Å². The molecule has 1 amide bonds. The van der Waals surface area contributed by atoms with E-state index in [1.165, 1.54) is 0 Å². The molecule has 0 radical (unpaired) electrons. The summed E-state index contributed by atoms with van der Waals surface area (Å²) in [6.07, 6.45) is -0.711. The summed E-state index contributed by atoms with van der Waals surface area (Å²) in [6.45, 7) is 2.06. The largest absolute Gasteiger partial charge is 0.450 e. The topological polar surface area (TPSA) is 52.3 Å². The van der Waals surface area contributed by atoms with Gasteiger partial charge in [0.15, 0.2) is 0 Å². The van der Waals surface area contributed by atoms with Crippen LogP contribution in [0.2, 0.25) is 0 Å². The van der Waals surface area contributed by atoms with E-state index in [9.17, 15) is 4.79 Å². The van der Waals surface area contributed by atoms with E-state index in [0.717, 1.165) is 0 Å². The molecule has 0 rings (SSSR count). The Morgan fingerprint density at radius 1 is 1.86 bits per heavy atom. The van der Waals surface area contributed by atoms with Gasteiger partial charge in [0.2, 0.25) is 0 Å². The summed E-state index contributed by atoms with van der Waals surface area (Å²) in [5, 5.41) is 0. The zero-order valence-corrected chi connectivity index (χ0v) is 4.90. The average molecular weight is 148 g/mol. The number of hydrogen-bond acceptors (Lipinski definition) is 2. The number of carbonyl (C=O) groups excluding carboxylic acids is 1. The van der Waals surface area contributed by atoms with Crippen molar-refractivity contribution in [1.82, 2.24) is 0 Å². The Bertz CT molecular complexity index is 56.9. The molecule has 0 saturated heterocycles. The van der Waals surface area contributed by atoms with E-state index >= 15 is 0 Å². The van der Waals surface area contributed by atoms with Crippen molar-refractivity contribution in [3.05, 3.63) is 0 Å². The maximum absolute atomic E-state index is 9.60. The molecule has 0 aliphatic carbocycles. The third kappa shape index (κ3) is 10.7. The first-order chi connectivity index (χ1) is 2.77. The van der Waals surface area contributed by atoms with E-state index in [2.05, 4.69) is 10.5 Å². The summed E-state index contributed by atoms with van der Waals surface area (Å²) in [5.41, 5.74) is 4.54. The summed E-state index contributed by atoms with van der Waals surface area (Å²) < 4.78 is 4.18. The molecule has 46 valence electrons. The maximum Gasteiger partial charge on any atom is 0.404 e. The number of ether oxygens (including phenoxy) is 1. The summed E-state index contributed by atoms with van der Waals surface area (Å²) in [4.78, 5) is 9.60. The Morgan fingerprint density at radius 3 is 2.29 bits per heavy atom. The Kier molecular flexibility index (Phi) is 8.15. The van der Waals surface area contributed by atoms with Gasteiger partial charge in [-0.15, -0.1) is 0 Å². The molecule has 3 nitrogen and oxygen atoms in total. The zero-order valence-electron chi connectivity index (χ0n) is 3.92. The van der Waals surface area contributed by atoms with Crippen molar-refractivity contribution in [2.24, 2.45) is 5.73 Å². The van der Waals surface area contributed by atoms with Gasteiger partial charge >= 0.3 is 6.09 Å². The standard InChI is InChI=1S/C3H7NO2.Ni/c1-2-6-3(4)5;/h2H2,1H3,(H2,4,5);. The molecule has 4 heteroatoms. The first kappa shape index (κ1) is 9.90. The molecule has 0 bridgehead atoms. The van der Waals surface area contributed by atoms with Crippen molar-refractivity contribution in [3.63, 3.8) is 0 Å². The quantitative estimate of drug-likeness (QED) is 0.535. The van der Waals surface area contributed by atoms with E-state index in [4.69, 9.17) is 0 Å². The molecule has 2 N–H and O–H groups in total. The molecule has 0 aromatic rings. The molecule has 0 saturated carbocycles. The van der Waals surface area contributed by atoms with E-state index in [1.54, 1.807) is 6.92 Å². The molecule has 0 aromatic carbocycles. The van der Waals surface area contributed by atoms with Crippen LogP contribution >= 0.6 is 0 Å². The smallest absolute Gasteiger partial charge is 0.404 e. The van der Waals surface area contributed by atoms with E-state index in [-0.39, 0.29) is 16.5 Å². The van der Waals surface area contributed by atoms with Gasteiger partial charge in [-0.1, -0.05) is 0 Å². The van der Waals surface area contributed by atoms with Crippen LogP contribution in [0.3, 0.4) is 0 Å². The molecule has 0 aliphatic rings. The number of rotatable bonds is 1. The van der Waals surface area contributed by atoms with Crippen LogP contribution in [-0.4, -0.2) is 12.7 Å². The van der Waals surface area contributed by atoms with Crippen molar-refractivity contribution in [3.8, 4) is 0 Å². The number of carbonyl (C=O) groups is 1. The Hall–Kier alpha value is -0.236. The van der Waals surface area contributed by atoms with Crippen molar-refractivity contribution in [1.29, 1.82) is 0 Å². The Labute approximate surface area is 52.1 Å². The molecule has 0 aromatic heterocycles. The second-order valence-corrected chi connectivity index (χ2v) is 0.752.